The molecule has 2 aromatic rings. The lowest BCUT2D eigenvalue weighted by atomic mass is 9.91. The summed E-state index contributed by atoms with van der Waals surface area (Å²) >= 11 is 1.89. The molecule has 19 heavy (non-hydrogen) atoms. The van der Waals surface area contributed by atoms with Gasteiger partial charge in [0.2, 0.25) is 0 Å². The van der Waals surface area contributed by atoms with Crippen LogP contribution >= 0.6 is 11.3 Å². The predicted octanol–water partition coefficient (Wildman–Crippen LogP) is 4.38. The molecule has 1 saturated carbocycles. The van der Waals surface area contributed by atoms with Crippen molar-refractivity contribution in [1.29, 1.82) is 0 Å². The molecule has 1 fully saturated rings. The van der Waals surface area contributed by atoms with Crippen LogP contribution in [0.4, 0.5) is 0 Å². The number of benzene rings is 1. The van der Waals surface area contributed by atoms with E-state index in [1.165, 1.54) is 53.5 Å². The molecule has 1 unspecified atom stereocenters. The monoisotopic (exact) mass is 274 g/mol. The molecule has 0 bridgehead atoms. The Morgan fingerprint density at radius 1 is 1.11 bits per heavy atom. The summed E-state index contributed by atoms with van der Waals surface area (Å²) in [5.74, 6) is 6.56. The summed E-state index contributed by atoms with van der Waals surface area (Å²) in [7, 11) is 0. The van der Waals surface area contributed by atoms with Crippen molar-refractivity contribution < 1.29 is 0 Å². The van der Waals surface area contributed by atoms with Gasteiger partial charge in [-0.3, -0.25) is 11.3 Å². The lowest BCUT2D eigenvalue weighted by molar-refractivity contribution is 0.333. The molecule has 0 radical (unpaired) electrons. The fourth-order valence-electron chi connectivity index (χ4n) is 3.25. The second kappa shape index (κ2) is 6.04. The molecule has 0 spiro atoms. The number of hydrogen-bond acceptors (Lipinski definition) is 3. The minimum Gasteiger partial charge on any atom is -0.271 e. The first-order valence-electron chi connectivity index (χ1n) is 7.33. The first-order valence-corrected chi connectivity index (χ1v) is 8.15. The summed E-state index contributed by atoms with van der Waals surface area (Å²) in [5.41, 5.74) is 3.09. The highest BCUT2D eigenvalue weighted by Gasteiger charge is 2.24. The normalized spacial score (nSPS) is 19.4. The molecule has 1 aliphatic carbocycles. The number of hydrazine groups is 1. The van der Waals surface area contributed by atoms with E-state index in [2.05, 4.69) is 35.8 Å². The third kappa shape index (κ3) is 2.83. The Kier molecular flexibility index (Phi) is 4.16. The fraction of sp³-hybridized carbons (Fsp3) is 0.500. The molecule has 1 aromatic heterocycles. The van der Waals surface area contributed by atoms with Crippen LogP contribution in [-0.4, -0.2) is 0 Å². The van der Waals surface area contributed by atoms with Gasteiger partial charge in [-0.1, -0.05) is 43.9 Å². The quantitative estimate of drug-likeness (QED) is 0.495. The zero-order valence-electron chi connectivity index (χ0n) is 11.3. The van der Waals surface area contributed by atoms with Crippen LogP contribution in [0.3, 0.4) is 0 Å². The lowest BCUT2D eigenvalue weighted by Gasteiger charge is -2.24. The van der Waals surface area contributed by atoms with Gasteiger partial charge in [-0.15, -0.1) is 11.3 Å². The standard InChI is InChI=1S/C16H22N2S/c17-18-16(12-7-3-1-2-4-8-12)15-11-13-9-5-6-10-14(13)19-15/h5-6,9-12,16,18H,1-4,7-8,17H2. The van der Waals surface area contributed by atoms with Crippen LogP contribution < -0.4 is 11.3 Å². The molecule has 3 N–H and O–H groups in total. The van der Waals surface area contributed by atoms with Crippen LogP contribution in [0.2, 0.25) is 0 Å². The fourth-order valence-corrected chi connectivity index (χ4v) is 4.47. The van der Waals surface area contributed by atoms with Crippen molar-refractivity contribution >= 4 is 21.4 Å². The average molecular weight is 274 g/mol. The summed E-state index contributed by atoms with van der Waals surface area (Å²) in [6.07, 6.45) is 8.11. The number of nitrogens with two attached hydrogens (primary N) is 1. The number of thiophene rings is 1. The molecule has 1 aliphatic rings. The molecule has 102 valence electrons. The minimum absolute atomic E-state index is 0.329. The second-order valence-corrected chi connectivity index (χ2v) is 6.70. The molecule has 1 atom stereocenters. The van der Waals surface area contributed by atoms with E-state index in [1.54, 1.807) is 0 Å². The molecule has 1 heterocycles. The van der Waals surface area contributed by atoms with Gasteiger partial charge in [0, 0.05) is 9.58 Å². The Morgan fingerprint density at radius 3 is 2.53 bits per heavy atom. The minimum atomic E-state index is 0.329. The maximum absolute atomic E-state index is 5.87. The second-order valence-electron chi connectivity index (χ2n) is 5.58. The van der Waals surface area contributed by atoms with E-state index < -0.39 is 0 Å². The van der Waals surface area contributed by atoms with E-state index in [0.717, 1.165) is 0 Å². The van der Waals surface area contributed by atoms with Crippen LogP contribution in [0.15, 0.2) is 30.3 Å². The van der Waals surface area contributed by atoms with E-state index in [0.29, 0.717) is 12.0 Å². The topological polar surface area (TPSA) is 38.0 Å². The van der Waals surface area contributed by atoms with Crippen LogP contribution in [-0.2, 0) is 0 Å². The van der Waals surface area contributed by atoms with Crippen LogP contribution in [0.1, 0.15) is 49.4 Å². The molecule has 1 aromatic carbocycles. The van der Waals surface area contributed by atoms with E-state index in [9.17, 15) is 0 Å². The molecule has 0 aliphatic heterocycles. The van der Waals surface area contributed by atoms with E-state index in [4.69, 9.17) is 5.84 Å². The van der Waals surface area contributed by atoms with Gasteiger partial charge < -0.3 is 0 Å². The number of rotatable bonds is 3. The Labute approximate surface area is 119 Å². The maximum atomic E-state index is 5.87. The highest BCUT2D eigenvalue weighted by molar-refractivity contribution is 7.19. The van der Waals surface area contributed by atoms with Gasteiger partial charge in [-0.25, -0.2) is 0 Å². The summed E-state index contributed by atoms with van der Waals surface area (Å²) in [4.78, 5) is 1.40. The van der Waals surface area contributed by atoms with E-state index >= 15 is 0 Å². The Hall–Kier alpha value is -0.900. The number of fused-ring (bicyclic) bond motifs is 1. The maximum Gasteiger partial charge on any atom is 0.0581 e. The first-order chi connectivity index (χ1) is 9.38. The van der Waals surface area contributed by atoms with Crippen molar-refractivity contribution in [3.63, 3.8) is 0 Å². The van der Waals surface area contributed by atoms with E-state index in [-0.39, 0.29) is 0 Å². The number of nitrogens with one attached hydrogen (secondary N) is 1. The van der Waals surface area contributed by atoms with Gasteiger partial charge in [0.25, 0.3) is 0 Å². The highest BCUT2D eigenvalue weighted by atomic mass is 32.1. The van der Waals surface area contributed by atoms with Crippen molar-refractivity contribution in [1.82, 2.24) is 5.43 Å². The van der Waals surface area contributed by atoms with Crippen molar-refractivity contribution in [2.75, 3.05) is 0 Å². The number of hydrogen-bond donors (Lipinski definition) is 2. The molecule has 0 saturated heterocycles. The van der Waals surface area contributed by atoms with Crippen LogP contribution in [0, 0.1) is 5.92 Å². The van der Waals surface area contributed by atoms with Crippen LogP contribution in [0.25, 0.3) is 10.1 Å². The summed E-state index contributed by atoms with van der Waals surface area (Å²) < 4.78 is 1.37. The molecule has 3 rings (SSSR count). The van der Waals surface area contributed by atoms with Crippen molar-refractivity contribution in [3.05, 3.63) is 35.2 Å². The third-order valence-electron chi connectivity index (χ3n) is 4.30. The van der Waals surface area contributed by atoms with E-state index in [1.807, 2.05) is 11.3 Å². The van der Waals surface area contributed by atoms with Crippen molar-refractivity contribution in [2.45, 2.75) is 44.6 Å². The molecular weight excluding hydrogens is 252 g/mol. The lowest BCUT2D eigenvalue weighted by Crippen LogP contribution is -2.32. The predicted molar refractivity (Wildman–Crippen MR) is 83.1 cm³/mol. The van der Waals surface area contributed by atoms with Gasteiger partial charge in [0.15, 0.2) is 0 Å². The Balaban J connectivity index is 1.87. The van der Waals surface area contributed by atoms with Gasteiger partial charge >= 0.3 is 0 Å². The molecule has 3 heteroatoms. The third-order valence-corrected chi connectivity index (χ3v) is 5.50. The van der Waals surface area contributed by atoms with Crippen molar-refractivity contribution in [3.8, 4) is 0 Å². The zero-order chi connectivity index (χ0) is 13.1. The van der Waals surface area contributed by atoms with Gasteiger partial charge in [-0.05, 0) is 36.3 Å². The largest absolute Gasteiger partial charge is 0.271 e. The Bertz CT molecular complexity index is 493. The van der Waals surface area contributed by atoms with Gasteiger partial charge in [-0.2, -0.15) is 0 Å². The zero-order valence-corrected chi connectivity index (χ0v) is 12.1. The highest BCUT2D eigenvalue weighted by Crippen LogP contribution is 2.38. The Morgan fingerprint density at radius 2 is 1.84 bits per heavy atom. The summed E-state index contributed by atoms with van der Waals surface area (Å²) in [6, 6.07) is 11.2. The van der Waals surface area contributed by atoms with Gasteiger partial charge in [0.1, 0.15) is 0 Å². The first kappa shape index (κ1) is 13.1. The van der Waals surface area contributed by atoms with Gasteiger partial charge in [0.05, 0.1) is 6.04 Å². The SMILES string of the molecule is NNC(c1cc2ccccc2s1)C1CCCCCC1. The van der Waals surface area contributed by atoms with Crippen molar-refractivity contribution in [2.24, 2.45) is 11.8 Å². The summed E-state index contributed by atoms with van der Waals surface area (Å²) in [6.45, 7) is 0. The smallest absolute Gasteiger partial charge is 0.0581 e. The molecular formula is C16H22N2S. The summed E-state index contributed by atoms with van der Waals surface area (Å²) in [5, 5.41) is 1.34. The molecule has 2 nitrogen and oxygen atoms in total. The van der Waals surface area contributed by atoms with Crippen LogP contribution in [0.5, 0.6) is 0 Å². The molecule has 0 amide bonds. The average Bonchev–Trinajstić information content (AvgIpc) is 2.67.